The summed E-state index contributed by atoms with van der Waals surface area (Å²) in [6.45, 7) is 11.0. The summed E-state index contributed by atoms with van der Waals surface area (Å²) >= 11 is 1.96. The van der Waals surface area contributed by atoms with Crippen LogP contribution in [0.2, 0.25) is 0 Å². The molecule has 3 nitrogen and oxygen atoms in total. The second-order valence-electron chi connectivity index (χ2n) is 7.78. The van der Waals surface area contributed by atoms with Crippen LogP contribution >= 0.6 is 11.9 Å². The molecule has 1 fully saturated rings. The molecule has 0 amide bonds. The van der Waals surface area contributed by atoms with Crippen molar-refractivity contribution < 1.29 is 7.65 Å². The zero-order valence-electron chi connectivity index (χ0n) is 14.2. The van der Waals surface area contributed by atoms with Crippen molar-refractivity contribution in [3.63, 3.8) is 0 Å². The molecule has 0 aromatic carbocycles. The van der Waals surface area contributed by atoms with Gasteiger partial charge in [-0.3, -0.25) is 4.79 Å². The Morgan fingerprint density at radius 2 is 2.09 bits per heavy atom. The van der Waals surface area contributed by atoms with Gasteiger partial charge in [-0.15, -0.1) is 0 Å². The first-order chi connectivity index (χ1) is 10.4. The molecular formula is C18H32N2OS. The van der Waals surface area contributed by atoms with Crippen LogP contribution in [-0.4, -0.2) is 29.2 Å². The number of nitrogens with one attached hydrogen (secondary N) is 1. The maximum Gasteiger partial charge on any atom is 0.175 e. The third-order valence-corrected chi connectivity index (χ3v) is 6.30. The van der Waals surface area contributed by atoms with Gasteiger partial charge in [0.05, 0.1) is 5.70 Å². The van der Waals surface area contributed by atoms with E-state index in [2.05, 4.69) is 42.5 Å². The number of nitrogens with zero attached hydrogens (tertiary/aromatic N) is 1. The van der Waals surface area contributed by atoms with Gasteiger partial charge in [0.1, 0.15) is 0 Å². The Labute approximate surface area is 141 Å². The second-order valence-corrected chi connectivity index (χ2v) is 9.01. The monoisotopic (exact) mass is 324 g/mol. The maximum atomic E-state index is 11.6. The molecule has 4 heteroatoms. The summed E-state index contributed by atoms with van der Waals surface area (Å²) in [6, 6.07) is 0.384. The van der Waals surface area contributed by atoms with Crippen LogP contribution in [0.1, 0.15) is 49.8 Å². The van der Waals surface area contributed by atoms with Crippen LogP contribution < -0.4 is 5.32 Å². The van der Waals surface area contributed by atoms with Crippen molar-refractivity contribution in [2.75, 3.05) is 13.1 Å². The van der Waals surface area contributed by atoms with E-state index < -0.39 is 0 Å². The van der Waals surface area contributed by atoms with Gasteiger partial charge in [0.25, 0.3) is 0 Å². The molecule has 0 saturated carbocycles. The topological polar surface area (TPSA) is 32.3 Å². The van der Waals surface area contributed by atoms with Crippen LogP contribution in [0.3, 0.4) is 0 Å². The van der Waals surface area contributed by atoms with Gasteiger partial charge >= 0.3 is 0 Å². The van der Waals surface area contributed by atoms with Crippen molar-refractivity contribution in [3.8, 4) is 0 Å². The highest BCUT2D eigenvalue weighted by Crippen LogP contribution is 2.46. The number of hydrogen-bond donors (Lipinski definition) is 1. The lowest BCUT2D eigenvalue weighted by atomic mass is 9.76. The van der Waals surface area contributed by atoms with Crippen LogP contribution in [0.15, 0.2) is 22.8 Å². The zero-order valence-corrected chi connectivity index (χ0v) is 15.0. The van der Waals surface area contributed by atoms with Crippen molar-refractivity contribution in [3.05, 3.63) is 22.8 Å². The smallest absolute Gasteiger partial charge is 0.175 e. The molecule has 4 unspecified atom stereocenters. The zero-order chi connectivity index (χ0) is 15.9. The number of piperidine rings is 1. The Balaban J connectivity index is 0.00000144. The molecule has 0 spiro atoms. The summed E-state index contributed by atoms with van der Waals surface area (Å²) in [5.41, 5.74) is 0.901. The van der Waals surface area contributed by atoms with E-state index >= 15 is 0 Å². The normalized spacial score (nSPS) is 38.8. The summed E-state index contributed by atoms with van der Waals surface area (Å²) in [6.07, 6.45) is 7.97. The van der Waals surface area contributed by atoms with Gasteiger partial charge in [0.2, 0.25) is 0 Å². The van der Waals surface area contributed by atoms with E-state index in [0.29, 0.717) is 6.04 Å². The largest absolute Gasteiger partial charge is 0.379 e. The highest BCUT2D eigenvalue weighted by Gasteiger charge is 2.41. The summed E-state index contributed by atoms with van der Waals surface area (Å²) < 4.78 is 2.55. The minimum Gasteiger partial charge on any atom is -0.379 e. The number of carbonyl (C=O) groups is 1. The Morgan fingerprint density at radius 1 is 1.41 bits per heavy atom. The predicted octanol–water partition coefficient (Wildman–Crippen LogP) is 4.23. The van der Waals surface area contributed by atoms with E-state index in [9.17, 15) is 4.79 Å². The average molecular weight is 325 g/mol. The molecule has 2 heterocycles. The quantitative estimate of drug-likeness (QED) is 0.787. The summed E-state index contributed by atoms with van der Waals surface area (Å²) in [5, 5.41) is 3.42. The number of Topliss-reactive ketones (excluding diaryl/α,β-unsaturated/α-hetero) is 1. The number of allylic oxidation sites excluding steroid dienone is 2. The molecule has 1 aliphatic carbocycles. The number of hydrogen-bond acceptors (Lipinski definition) is 4. The van der Waals surface area contributed by atoms with E-state index in [-0.39, 0.29) is 14.1 Å². The van der Waals surface area contributed by atoms with Crippen LogP contribution in [0.4, 0.5) is 0 Å². The molecule has 0 aromatic heterocycles. The maximum absolute atomic E-state index is 11.6. The Hall–Kier alpha value is -0.740. The van der Waals surface area contributed by atoms with Gasteiger partial charge in [-0.25, -0.2) is 4.31 Å². The second kappa shape index (κ2) is 6.04. The van der Waals surface area contributed by atoms with Crippen LogP contribution in [-0.2, 0) is 4.79 Å². The third kappa shape index (κ3) is 3.28. The molecule has 126 valence electrons. The van der Waals surface area contributed by atoms with E-state index in [4.69, 9.17) is 0 Å². The number of ketones is 1. The SMILES string of the molecule is CC(=O)C1=CC2(C)CC(SN3CC(C)CC(C)C3)=CCC2N1.[HH].[HH]. The van der Waals surface area contributed by atoms with Gasteiger partial charge in [0.15, 0.2) is 5.78 Å². The Kier molecular flexibility index (Phi) is 4.43. The summed E-state index contributed by atoms with van der Waals surface area (Å²) in [5.74, 6) is 1.74. The van der Waals surface area contributed by atoms with Crippen molar-refractivity contribution in [1.82, 2.24) is 9.62 Å². The van der Waals surface area contributed by atoms with Crippen LogP contribution in [0.25, 0.3) is 0 Å². The minimum atomic E-state index is 0. The van der Waals surface area contributed by atoms with E-state index in [1.807, 2.05) is 11.9 Å². The molecule has 0 bridgehead atoms. The van der Waals surface area contributed by atoms with E-state index in [0.717, 1.165) is 30.4 Å². The van der Waals surface area contributed by atoms with Crippen LogP contribution in [0.5, 0.6) is 0 Å². The number of rotatable bonds is 3. The molecule has 3 rings (SSSR count). The highest BCUT2D eigenvalue weighted by molar-refractivity contribution is 8.00. The van der Waals surface area contributed by atoms with Crippen molar-refractivity contribution >= 4 is 17.7 Å². The van der Waals surface area contributed by atoms with Crippen LogP contribution in [0, 0.1) is 17.3 Å². The van der Waals surface area contributed by atoms with Gasteiger partial charge in [-0.1, -0.05) is 26.8 Å². The van der Waals surface area contributed by atoms with Gasteiger partial charge in [-0.05, 0) is 54.0 Å². The van der Waals surface area contributed by atoms with Crippen molar-refractivity contribution in [2.45, 2.75) is 53.0 Å². The third-order valence-electron chi connectivity index (χ3n) is 5.20. The number of carbonyl (C=O) groups excluding carboxylic acids is 1. The lowest BCUT2D eigenvalue weighted by molar-refractivity contribution is -0.113. The van der Waals surface area contributed by atoms with Gasteiger partial charge in [0, 0.05) is 34.3 Å². The fourth-order valence-electron chi connectivity index (χ4n) is 4.14. The molecule has 1 saturated heterocycles. The average Bonchev–Trinajstić information content (AvgIpc) is 2.74. The first-order valence-electron chi connectivity index (χ1n) is 8.48. The lowest BCUT2D eigenvalue weighted by Gasteiger charge is -2.38. The van der Waals surface area contributed by atoms with Crippen molar-refractivity contribution in [1.29, 1.82) is 0 Å². The molecular weight excluding hydrogens is 292 g/mol. The standard InChI is InChI=1S/C18H28N2OS.2H2/c1-12-7-13(2)11-20(10-12)22-15-5-6-17-18(4,8-15)9-16(19-17)14(3)21;;/h5,9,12-13,17,19H,6-8,10-11H2,1-4H3;2*1H. The Morgan fingerprint density at radius 3 is 2.73 bits per heavy atom. The van der Waals surface area contributed by atoms with E-state index in [1.54, 1.807) is 6.92 Å². The molecule has 4 atom stereocenters. The first-order valence-corrected chi connectivity index (χ1v) is 9.25. The summed E-state index contributed by atoms with van der Waals surface area (Å²) in [7, 11) is 0. The number of fused-ring (bicyclic) bond motifs is 1. The van der Waals surface area contributed by atoms with Crippen molar-refractivity contribution in [2.24, 2.45) is 17.3 Å². The van der Waals surface area contributed by atoms with Gasteiger partial charge in [-0.2, -0.15) is 0 Å². The minimum absolute atomic E-state index is 0. The fraction of sp³-hybridized carbons (Fsp3) is 0.722. The molecule has 3 aliphatic rings. The highest BCUT2D eigenvalue weighted by atomic mass is 32.2. The molecule has 0 radical (unpaired) electrons. The Bertz CT molecular complexity index is 527. The predicted molar refractivity (Wildman–Crippen MR) is 97.4 cm³/mol. The van der Waals surface area contributed by atoms with E-state index in [1.165, 1.54) is 24.4 Å². The first kappa shape index (κ1) is 16.1. The van der Waals surface area contributed by atoms with Gasteiger partial charge < -0.3 is 5.32 Å². The summed E-state index contributed by atoms with van der Waals surface area (Å²) in [4.78, 5) is 13.1. The molecule has 0 aromatic rings. The molecule has 2 aliphatic heterocycles. The lowest BCUT2D eigenvalue weighted by Crippen LogP contribution is -2.39. The fourth-order valence-corrected chi connectivity index (χ4v) is 5.68. The molecule has 22 heavy (non-hydrogen) atoms. The molecule has 1 N–H and O–H groups in total.